The van der Waals surface area contributed by atoms with Crippen LogP contribution in [0.5, 0.6) is 5.75 Å². The highest BCUT2D eigenvalue weighted by Crippen LogP contribution is 2.34. The third-order valence-electron chi connectivity index (χ3n) is 5.18. The van der Waals surface area contributed by atoms with Gasteiger partial charge in [0.1, 0.15) is 11.6 Å². The molecule has 0 aliphatic carbocycles. The molecule has 4 nitrogen and oxygen atoms in total. The molecule has 6 heteroatoms. The van der Waals surface area contributed by atoms with Gasteiger partial charge in [0, 0.05) is 12.2 Å². The van der Waals surface area contributed by atoms with Gasteiger partial charge in [-0.25, -0.2) is 9.40 Å². The summed E-state index contributed by atoms with van der Waals surface area (Å²) in [6, 6.07) is 23.8. The largest absolute Gasteiger partial charge is 0.497 e. The molecule has 0 unspecified atom stereocenters. The zero-order valence-electron chi connectivity index (χ0n) is 17.2. The van der Waals surface area contributed by atoms with Crippen LogP contribution in [0.25, 0.3) is 0 Å². The Morgan fingerprint density at radius 3 is 2.45 bits per heavy atom. The molecular weight excluding hydrogens is 411 g/mol. The minimum Gasteiger partial charge on any atom is -0.497 e. The smallest absolute Gasteiger partial charge is 0.253 e. The lowest BCUT2D eigenvalue weighted by Crippen LogP contribution is -2.28. The van der Waals surface area contributed by atoms with Gasteiger partial charge in [-0.3, -0.25) is 4.79 Å². The monoisotopic (exact) mass is 434 g/mol. The van der Waals surface area contributed by atoms with Crippen LogP contribution in [-0.2, 0) is 10.5 Å². The summed E-state index contributed by atoms with van der Waals surface area (Å²) in [7, 11) is 1.63. The molecule has 158 valence electrons. The van der Waals surface area contributed by atoms with E-state index < -0.39 is 0 Å². The van der Waals surface area contributed by atoms with Gasteiger partial charge in [0.25, 0.3) is 5.91 Å². The number of ether oxygens (including phenoxy) is 1. The first kappa shape index (κ1) is 21.1. The van der Waals surface area contributed by atoms with Crippen LogP contribution in [0.2, 0.25) is 0 Å². The third kappa shape index (κ3) is 5.14. The van der Waals surface area contributed by atoms with Crippen molar-refractivity contribution in [1.82, 2.24) is 5.01 Å². The molecule has 1 aliphatic heterocycles. The van der Waals surface area contributed by atoms with Gasteiger partial charge >= 0.3 is 0 Å². The van der Waals surface area contributed by atoms with Crippen LogP contribution in [0.15, 0.2) is 84.0 Å². The fourth-order valence-electron chi connectivity index (χ4n) is 3.54. The molecule has 3 aromatic carbocycles. The highest BCUT2D eigenvalue weighted by Gasteiger charge is 2.32. The Hall–Kier alpha value is -3.12. The Balaban J connectivity index is 1.52. The van der Waals surface area contributed by atoms with E-state index in [-0.39, 0.29) is 17.8 Å². The Labute approximate surface area is 185 Å². The summed E-state index contributed by atoms with van der Waals surface area (Å²) >= 11 is 1.57. The van der Waals surface area contributed by atoms with Gasteiger partial charge in [-0.15, -0.1) is 11.8 Å². The number of hydrogen-bond acceptors (Lipinski definition) is 4. The van der Waals surface area contributed by atoms with Gasteiger partial charge in [0.05, 0.1) is 24.6 Å². The maximum atomic E-state index is 13.4. The number of thioether (sulfide) groups is 1. The SMILES string of the molecule is COc1ccc(C2=NN(C(=O)CSCc3ccccc3)[C@H](c3ccc(F)cc3)C2)cc1. The molecule has 4 rings (SSSR count). The van der Waals surface area contributed by atoms with E-state index in [0.29, 0.717) is 12.2 Å². The van der Waals surface area contributed by atoms with E-state index in [4.69, 9.17) is 4.74 Å². The summed E-state index contributed by atoms with van der Waals surface area (Å²) in [5.41, 5.74) is 3.83. The zero-order valence-corrected chi connectivity index (χ0v) is 18.0. The van der Waals surface area contributed by atoms with Gasteiger partial charge < -0.3 is 4.74 Å². The Morgan fingerprint density at radius 2 is 1.77 bits per heavy atom. The van der Waals surface area contributed by atoms with Crippen molar-refractivity contribution in [1.29, 1.82) is 0 Å². The van der Waals surface area contributed by atoms with E-state index >= 15 is 0 Å². The average molecular weight is 435 g/mol. The second kappa shape index (κ2) is 9.79. The molecule has 0 N–H and O–H groups in total. The van der Waals surface area contributed by atoms with Crippen LogP contribution in [0.1, 0.15) is 29.2 Å². The van der Waals surface area contributed by atoms with E-state index in [1.807, 2.05) is 42.5 Å². The van der Waals surface area contributed by atoms with Crippen molar-refractivity contribution in [2.75, 3.05) is 12.9 Å². The van der Waals surface area contributed by atoms with Gasteiger partial charge in [-0.05, 0) is 53.1 Å². The number of nitrogens with zero attached hydrogens (tertiary/aromatic N) is 2. The molecule has 0 radical (unpaired) electrons. The Kier molecular flexibility index (Phi) is 6.67. The van der Waals surface area contributed by atoms with Crippen LogP contribution >= 0.6 is 11.8 Å². The number of carbonyl (C=O) groups is 1. The Morgan fingerprint density at radius 1 is 1.06 bits per heavy atom. The topological polar surface area (TPSA) is 41.9 Å². The van der Waals surface area contributed by atoms with Gasteiger partial charge in [-0.2, -0.15) is 5.10 Å². The lowest BCUT2D eigenvalue weighted by Gasteiger charge is -2.22. The lowest BCUT2D eigenvalue weighted by molar-refractivity contribution is -0.130. The third-order valence-corrected chi connectivity index (χ3v) is 6.17. The molecule has 0 bridgehead atoms. The first-order valence-corrected chi connectivity index (χ1v) is 11.2. The summed E-state index contributed by atoms with van der Waals surface area (Å²) in [5, 5.41) is 6.23. The van der Waals surface area contributed by atoms with Crippen molar-refractivity contribution < 1.29 is 13.9 Å². The van der Waals surface area contributed by atoms with Crippen molar-refractivity contribution in [3.63, 3.8) is 0 Å². The Bertz CT molecular complexity index is 1050. The first-order chi connectivity index (χ1) is 15.1. The predicted octanol–water partition coefficient (Wildman–Crippen LogP) is 5.45. The standard InChI is InChI=1S/C25H23FN2O2S/c1-30-22-13-9-19(10-14-22)23-15-24(20-7-11-21(26)12-8-20)28(27-23)25(29)17-31-16-18-5-3-2-4-6-18/h2-14,24H,15-17H2,1H3/t24-/m0/s1. The van der Waals surface area contributed by atoms with Crippen LogP contribution in [-0.4, -0.2) is 29.5 Å². The molecule has 1 amide bonds. The molecule has 31 heavy (non-hydrogen) atoms. The summed E-state index contributed by atoms with van der Waals surface area (Å²) in [5.74, 6) is 1.50. The number of halogens is 1. The van der Waals surface area contributed by atoms with Crippen molar-refractivity contribution in [2.45, 2.75) is 18.2 Å². The fraction of sp³-hybridized carbons (Fsp3) is 0.200. The number of hydrazone groups is 1. The highest BCUT2D eigenvalue weighted by molar-refractivity contribution is 7.99. The quantitative estimate of drug-likeness (QED) is 0.497. The number of hydrogen-bond donors (Lipinski definition) is 0. The lowest BCUT2D eigenvalue weighted by atomic mass is 9.98. The molecule has 3 aromatic rings. The van der Waals surface area contributed by atoms with E-state index in [1.165, 1.54) is 17.7 Å². The number of rotatable bonds is 7. The minimum absolute atomic E-state index is 0.0567. The van der Waals surface area contributed by atoms with Crippen molar-refractivity contribution >= 4 is 23.4 Å². The minimum atomic E-state index is -0.297. The summed E-state index contributed by atoms with van der Waals surface area (Å²) in [4.78, 5) is 13.1. The van der Waals surface area contributed by atoms with Gasteiger partial charge in [-0.1, -0.05) is 42.5 Å². The predicted molar refractivity (Wildman–Crippen MR) is 123 cm³/mol. The highest BCUT2D eigenvalue weighted by atomic mass is 32.2. The summed E-state index contributed by atoms with van der Waals surface area (Å²) < 4.78 is 18.7. The average Bonchev–Trinajstić information content (AvgIpc) is 3.26. The number of methoxy groups -OCH3 is 1. The van der Waals surface area contributed by atoms with Crippen LogP contribution < -0.4 is 4.74 Å². The molecule has 0 aromatic heterocycles. The first-order valence-electron chi connectivity index (χ1n) is 10.0. The van der Waals surface area contributed by atoms with Crippen molar-refractivity contribution in [3.8, 4) is 5.75 Å². The molecule has 1 atom stereocenters. The molecule has 0 saturated carbocycles. The maximum absolute atomic E-state index is 13.4. The normalized spacial score (nSPS) is 15.6. The molecular formula is C25H23FN2O2S. The summed E-state index contributed by atoms with van der Waals surface area (Å²) in [6.45, 7) is 0. The van der Waals surface area contributed by atoms with Crippen molar-refractivity contribution in [3.05, 3.63) is 101 Å². The summed E-state index contributed by atoms with van der Waals surface area (Å²) in [6.07, 6.45) is 0.576. The second-order valence-corrected chi connectivity index (χ2v) is 8.25. The van der Waals surface area contributed by atoms with Crippen LogP contribution in [0.4, 0.5) is 4.39 Å². The molecule has 1 heterocycles. The zero-order chi connectivity index (χ0) is 21.6. The van der Waals surface area contributed by atoms with Crippen LogP contribution in [0.3, 0.4) is 0 Å². The van der Waals surface area contributed by atoms with Gasteiger partial charge in [0.15, 0.2) is 0 Å². The molecule has 1 aliphatic rings. The van der Waals surface area contributed by atoms with Crippen LogP contribution in [0, 0.1) is 5.82 Å². The number of amides is 1. The maximum Gasteiger partial charge on any atom is 0.253 e. The van der Waals surface area contributed by atoms with Gasteiger partial charge in [0.2, 0.25) is 0 Å². The molecule has 0 fully saturated rings. The van der Waals surface area contributed by atoms with E-state index in [1.54, 1.807) is 36.0 Å². The second-order valence-electron chi connectivity index (χ2n) is 7.26. The molecule has 0 saturated heterocycles. The van der Waals surface area contributed by atoms with Crippen molar-refractivity contribution in [2.24, 2.45) is 5.10 Å². The van der Waals surface area contributed by atoms with E-state index in [2.05, 4.69) is 17.2 Å². The number of carbonyl (C=O) groups excluding carboxylic acids is 1. The fourth-order valence-corrected chi connectivity index (χ4v) is 4.38. The van der Waals surface area contributed by atoms with E-state index in [0.717, 1.165) is 28.3 Å². The number of benzene rings is 3. The van der Waals surface area contributed by atoms with E-state index in [9.17, 15) is 9.18 Å². The molecule has 0 spiro atoms.